The first-order valence-electron chi connectivity index (χ1n) is 5.09. The van der Waals surface area contributed by atoms with Crippen LogP contribution < -0.4 is 10.5 Å². The van der Waals surface area contributed by atoms with Crippen molar-refractivity contribution in [3.05, 3.63) is 39.7 Å². The standard InChI is InChI=1S/C11H10N4O4/c1-7(13)8(5-12)9(16)6-19-10-3-2-4-14-11(10)15(17)18/h2-4H,6,13H2,1H3/b8-7+. The Morgan fingerprint density at radius 3 is 2.89 bits per heavy atom. The Kier molecular flexibility index (Phi) is 4.54. The minimum atomic E-state index is -0.727. The van der Waals surface area contributed by atoms with Gasteiger partial charge in [-0.2, -0.15) is 5.26 Å². The van der Waals surface area contributed by atoms with Crippen molar-refractivity contribution in [3.8, 4) is 11.8 Å². The van der Waals surface area contributed by atoms with E-state index in [0.29, 0.717) is 0 Å². The van der Waals surface area contributed by atoms with Gasteiger partial charge in [-0.25, -0.2) is 0 Å². The van der Waals surface area contributed by atoms with Crippen molar-refractivity contribution in [1.29, 1.82) is 5.26 Å². The Labute approximate surface area is 108 Å². The number of nitrogens with two attached hydrogens (primary N) is 1. The van der Waals surface area contributed by atoms with E-state index < -0.39 is 23.1 Å². The molecule has 2 N–H and O–H groups in total. The molecule has 0 saturated heterocycles. The van der Waals surface area contributed by atoms with Crippen molar-refractivity contribution in [3.63, 3.8) is 0 Å². The summed E-state index contributed by atoms with van der Waals surface area (Å²) in [6.07, 6.45) is 1.23. The number of nitro groups is 1. The summed E-state index contributed by atoms with van der Waals surface area (Å²) < 4.78 is 5.00. The summed E-state index contributed by atoms with van der Waals surface area (Å²) in [5, 5.41) is 19.4. The average molecular weight is 262 g/mol. The monoisotopic (exact) mass is 262 g/mol. The topological polar surface area (TPSA) is 132 Å². The average Bonchev–Trinajstić information content (AvgIpc) is 2.37. The van der Waals surface area contributed by atoms with Crippen molar-refractivity contribution in [2.24, 2.45) is 5.73 Å². The van der Waals surface area contributed by atoms with Gasteiger partial charge in [0.2, 0.25) is 11.5 Å². The van der Waals surface area contributed by atoms with Crippen LogP contribution in [0.15, 0.2) is 29.6 Å². The fourth-order valence-corrected chi connectivity index (χ4v) is 1.22. The highest BCUT2D eigenvalue weighted by Crippen LogP contribution is 2.22. The lowest BCUT2D eigenvalue weighted by atomic mass is 10.1. The third-order valence-electron chi connectivity index (χ3n) is 2.07. The fraction of sp³-hybridized carbons (Fsp3) is 0.182. The van der Waals surface area contributed by atoms with Crippen LogP contribution in [0.1, 0.15) is 6.92 Å². The first-order chi connectivity index (χ1) is 8.97. The summed E-state index contributed by atoms with van der Waals surface area (Å²) in [5.74, 6) is -1.30. The van der Waals surface area contributed by atoms with Crippen LogP contribution in [0.25, 0.3) is 0 Å². The number of nitriles is 1. The van der Waals surface area contributed by atoms with Gasteiger partial charge in [-0.3, -0.25) is 4.79 Å². The molecule has 1 aromatic rings. The van der Waals surface area contributed by atoms with Gasteiger partial charge in [-0.1, -0.05) is 0 Å². The first-order valence-corrected chi connectivity index (χ1v) is 5.09. The highest BCUT2D eigenvalue weighted by molar-refractivity contribution is 6.00. The second kappa shape index (κ2) is 6.11. The number of carbonyl (C=O) groups excluding carboxylic acids is 1. The number of ether oxygens (including phenoxy) is 1. The maximum absolute atomic E-state index is 11.6. The number of ketones is 1. The molecule has 8 nitrogen and oxygen atoms in total. The molecule has 0 bridgehead atoms. The summed E-state index contributed by atoms with van der Waals surface area (Å²) >= 11 is 0. The Bertz CT molecular complexity index is 585. The van der Waals surface area contributed by atoms with Gasteiger partial charge in [0.25, 0.3) is 0 Å². The van der Waals surface area contributed by atoms with E-state index in [-0.39, 0.29) is 17.0 Å². The summed E-state index contributed by atoms with van der Waals surface area (Å²) in [6, 6.07) is 4.39. The maximum atomic E-state index is 11.6. The van der Waals surface area contributed by atoms with Crippen LogP contribution in [0.2, 0.25) is 0 Å². The highest BCUT2D eigenvalue weighted by Gasteiger charge is 2.18. The molecule has 8 heteroatoms. The lowest BCUT2D eigenvalue weighted by Crippen LogP contribution is -2.16. The minimum absolute atomic E-state index is 0.0665. The second-order valence-corrected chi connectivity index (χ2v) is 3.46. The molecule has 0 atom stereocenters. The number of carbonyl (C=O) groups is 1. The molecule has 19 heavy (non-hydrogen) atoms. The van der Waals surface area contributed by atoms with Crippen LogP contribution in [0.4, 0.5) is 5.82 Å². The van der Waals surface area contributed by atoms with E-state index in [1.807, 2.05) is 0 Å². The lowest BCUT2D eigenvalue weighted by molar-refractivity contribution is -0.390. The number of hydrogen-bond donors (Lipinski definition) is 1. The second-order valence-electron chi connectivity index (χ2n) is 3.46. The van der Waals surface area contributed by atoms with Crippen LogP contribution in [-0.2, 0) is 4.79 Å². The van der Waals surface area contributed by atoms with Gasteiger partial charge < -0.3 is 20.6 Å². The molecule has 0 aliphatic rings. The van der Waals surface area contributed by atoms with Gasteiger partial charge in [0.05, 0.1) is 0 Å². The van der Waals surface area contributed by atoms with Gasteiger partial charge in [-0.15, -0.1) is 0 Å². The summed E-state index contributed by atoms with van der Waals surface area (Å²) in [6.45, 7) is 0.882. The van der Waals surface area contributed by atoms with Gasteiger partial charge in [0.15, 0.2) is 6.61 Å². The summed E-state index contributed by atoms with van der Waals surface area (Å²) in [5.41, 5.74) is 5.19. The molecule has 1 rings (SSSR count). The van der Waals surface area contributed by atoms with E-state index in [2.05, 4.69) is 4.98 Å². The lowest BCUT2D eigenvalue weighted by Gasteiger charge is -2.05. The van der Waals surface area contributed by atoms with Crippen LogP contribution in [0.5, 0.6) is 5.75 Å². The van der Waals surface area contributed by atoms with Crippen LogP contribution in [-0.4, -0.2) is 22.3 Å². The SMILES string of the molecule is C/C(N)=C(/C#N)C(=O)COc1cccnc1[N+](=O)[O-]. The highest BCUT2D eigenvalue weighted by atomic mass is 16.6. The van der Waals surface area contributed by atoms with Crippen LogP contribution in [0, 0.1) is 21.4 Å². The largest absolute Gasteiger partial charge is 0.477 e. The number of nitrogens with zero attached hydrogens (tertiary/aromatic N) is 3. The quantitative estimate of drug-likeness (QED) is 0.357. The molecule has 0 saturated carbocycles. The van der Waals surface area contributed by atoms with E-state index in [9.17, 15) is 14.9 Å². The Hall–Kier alpha value is -2.95. The van der Waals surface area contributed by atoms with Gasteiger partial charge in [0, 0.05) is 5.70 Å². The molecule has 0 radical (unpaired) electrons. The molecule has 0 aliphatic heterocycles. The third-order valence-corrected chi connectivity index (χ3v) is 2.07. The molecule has 0 amide bonds. The fourth-order valence-electron chi connectivity index (χ4n) is 1.22. The molecule has 0 spiro atoms. The molecular weight excluding hydrogens is 252 g/mol. The predicted molar refractivity (Wildman–Crippen MR) is 63.9 cm³/mol. The number of rotatable bonds is 5. The number of hydrogen-bond acceptors (Lipinski definition) is 7. The Balaban J connectivity index is 2.85. The van der Waals surface area contributed by atoms with E-state index in [4.69, 9.17) is 15.7 Å². The molecule has 1 heterocycles. The number of aromatic nitrogens is 1. The van der Waals surface area contributed by atoms with Crippen LogP contribution in [0.3, 0.4) is 0 Å². The minimum Gasteiger partial charge on any atom is -0.477 e. The first kappa shape index (κ1) is 14.1. The molecule has 0 fully saturated rings. The van der Waals surface area contributed by atoms with Crippen molar-refractivity contribution < 1.29 is 14.5 Å². The third kappa shape index (κ3) is 3.50. The van der Waals surface area contributed by atoms with Crippen LogP contribution >= 0.6 is 0 Å². The smallest absolute Gasteiger partial charge is 0.406 e. The Morgan fingerprint density at radius 1 is 1.68 bits per heavy atom. The maximum Gasteiger partial charge on any atom is 0.406 e. The number of allylic oxidation sites excluding steroid dienone is 1. The predicted octanol–water partition coefficient (Wildman–Crippen LogP) is 0.694. The zero-order valence-electron chi connectivity index (χ0n) is 9.99. The molecule has 1 aromatic heterocycles. The molecular formula is C11H10N4O4. The zero-order valence-corrected chi connectivity index (χ0v) is 9.99. The molecule has 0 aromatic carbocycles. The van der Waals surface area contributed by atoms with E-state index >= 15 is 0 Å². The molecule has 0 unspecified atom stereocenters. The van der Waals surface area contributed by atoms with Crippen molar-refractivity contribution in [1.82, 2.24) is 4.98 Å². The number of pyridine rings is 1. The number of Topliss-reactive ketones (excluding diaryl/α,β-unsaturated/α-hetero) is 1. The Morgan fingerprint density at radius 2 is 2.37 bits per heavy atom. The van der Waals surface area contributed by atoms with Gasteiger partial charge in [0.1, 0.15) is 17.8 Å². The normalized spacial score (nSPS) is 11.2. The van der Waals surface area contributed by atoms with E-state index in [1.54, 1.807) is 6.07 Å². The van der Waals surface area contributed by atoms with Gasteiger partial charge >= 0.3 is 5.82 Å². The van der Waals surface area contributed by atoms with Crippen molar-refractivity contribution in [2.45, 2.75) is 6.92 Å². The van der Waals surface area contributed by atoms with Gasteiger partial charge in [-0.05, 0) is 29.0 Å². The summed E-state index contributed by atoms with van der Waals surface area (Å²) in [7, 11) is 0. The van der Waals surface area contributed by atoms with E-state index in [0.717, 1.165) is 0 Å². The van der Waals surface area contributed by atoms with Crippen molar-refractivity contribution >= 4 is 11.6 Å². The molecule has 0 aliphatic carbocycles. The summed E-state index contributed by atoms with van der Waals surface area (Å²) in [4.78, 5) is 25.0. The molecule has 98 valence electrons. The van der Waals surface area contributed by atoms with Crippen molar-refractivity contribution in [2.75, 3.05) is 6.61 Å². The zero-order chi connectivity index (χ0) is 14.4. The van der Waals surface area contributed by atoms with E-state index in [1.165, 1.54) is 25.3 Å².